The topological polar surface area (TPSA) is 65.9 Å². The highest BCUT2D eigenvalue weighted by Gasteiger charge is 2.16. The van der Waals surface area contributed by atoms with Crippen molar-refractivity contribution in [2.75, 3.05) is 25.6 Å². The maximum Gasteiger partial charge on any atom is 0.196 e. The fraction of sp³-hybridized carbons (Fsp3) is 0.409. The lowest BCUT2D eigenvalue weighted by molar-refractivity contribution is 0.208. The van der Waals surface area contributed by atoms with E-state index in [1.165, 1.54) is 19.3 Å². The Labute approximate surface area is 161 Å². The number of anilines is 1. The molecule has 144 valence electrons. The Morgan fingerprint density at radius 3 is 2.59 bits per heavy atom. The number of hydrogen-bond donors (Lipinski definition) is 3. The number of benzene rings is 2. The van der Waals surface area contributed by atoms with E-state index in [4.69, 9.17) is 4.74 Å². The minimum absolute atomic E-state index is 0.208. The zero-order valence-corrected chi connectivity index (χ0v) is 15.9. The standard InChI is InChI=1S/C22H29N3O2/c1-27-15-14-23-22(24-19-10-6-3-7-11-19)25-20-16-18(12-13-21(20)26)17-8-4-2-5-9-17/h2,4-5,8-9,12-13,16,19,26H,3,6-7,10-11,14-15H2,1H3,(H2,23,24,25). The molecule has 0 amide bonds. The molecule has 0 bridgehead atoms. The van der Waals surface area contributed by atoms with E-state index in [9.17, 15) is 5.11 Å². The molecule has 5 nitrogen and oxygen atoms in total. The predicted octanol–water partition coefficient (Wildman–Crippen LogP) is 4.40. The molecule has 0 aromatic heterocycles. The van der Waals surface area contributed by atoms with Crippen LogP contribution in [0.4, 0.5) is 5.69 Å². The van der Waals surface area contributed by atoms with E-state index in [-0.39, 0.29) is 5.75 Å². The Morgan fingerprint density at radius 1 is 1.07 bits per heavy atom. The average Bonchev–Trinajstić information content (AvgIpc) is 2.71. The van der Waals surface area contributed by atoms with Crippen LogP contribution >= 0.6 is 0 Å². The first-order valence-corrected chi connectivity index (χ1v) is 9.71. The molecule has 0 spiro atoms. The summed E-state index contributed by atoms with van der Waals surface area (Å²) in [6, 6.07) is 16.2. The van der Waals surface area contributed by atoms with Crippen molar-refractivity contribution in [3.05, 3.63) is 48.5 Å². The van der Waals surface area contributed by atoms with E-state index >= 15 is 0 Å². The van der Waals surface area contributed by atoms with Gasteiger partial charge in [0, 0.05) is 13.2 Å². The summed E-state index contributed by atoms with van der Waals surface area (Å²) in [6.45, 7) is 1.13. The number of guanidine groups is 1. The number of aromatic hydroxyl groups is 1. The number of phenols is 1. The van der Waals surface area contributed by atoms with Gasteiger partial charge < -0.3 is 20.5 Å². The Bertz CT molecular complexity index is 740. The number of hydrogen-bond acceptors (Lipinski definition) is 3. The lowest BCUT2D eigenvalue weighted by atomic mass is 9.96. The van der Waals surface area contributed by atoms with Crippen molar-refractivity contribution in [1.29, 1.82) is 0 Å². The highest BCUT2D eigenvalue weighted by molar-refractivity contribution is 5.96. The maximum atomic E-state index is 10.3. The molecule has 3 rings (SSSR count). The van der Waals surface area contributed by atoms with Crippen LogP contribution in [-0.4, -0.2) is 37.4 Å². The van der Waals surface area contributed by atoms with Crippen molar-refractivity contribution in [3.8, 4) is 16.9 Å². The maximum absolute atomic E-state index is 10.3. The summed E-state index contributed by atoms with van der Waals surface area (Å²) < 4.78 is 5.12. The molecule has 0 saturated heterocycles. The van der Waals surface area contributed by atoms with Crippen molar-refractivity contribution in [1.82, 2.24) is 5.32 Å². The summed E-state index contributed by atoms with van der Waals surface area (Å²) in [7, 11) is 1.67. The number of phenolic OH excluding ortho intramolecular Hbond substituents is 1. The first-order valence-electron chi connectivity index (χ1n) is 9.71. The zero-order valence-electron chi connectivity index (χ0n) is 15.9. The van der Waals surface area contributed by atoms with E-state index in [1.54, 1.807) is 13.2 Å². The van der Waals surface area contributed by atoms with Gasteiger partial charge in [0.05, 0.1) is 18.8 Å². The highest BCUT2D eigenvalue weighted by Crippen LogP contribution is 2.30. The van der Waals surface area contributed by atoms with Crippen LogP contribution in [-0.2, 0) is 4.74 Å². The summed E-state index contributed by atoms with van der Waals surface area (Å²) in [5.74, 6) is 0.902. The molecule has 3 N–H and O–H groups in total. The van der Waals surface area contributed by atoms with Crippen LogP contribution < -0.4 is 10.6 Å². The van der Waals surface area contributed by atoms with Crippen LogP contribution in [0.15, 0.2) is 53.5 Å². The second-order valence-electron chi connectivity index (χ2n) is 6.93. The molecule has 0 aliphatic heterocycles. The summed E-state index contributed by atoms with van der Waals surface area (Å²) in [6.07, 6.45) is 6.11. The molecule has 0 unspecified atom stereocenters. The molecule has 5 heteroatoms. The van der Waals surface area contributed by atoms with Gasteiger partial charge in [-0.15, -0.1) is 0 Å². The number of nitrogens with zero attached hydrogens (tertiary/aromatic N) is 1. The number of ether oxygens (including phenoxy) is 1. The number of rotatable bonds is 6. The Kier molecular flexibility index (Phi) is 7.11. The number of nitrogens with one attached hydrogen (secondary N) is 2. The first-order chi connectivity index (χ1) is 13.3. The molecule has 0 heterocycles. The fourth-order valence-electron chi connectivity index (χ4n) is 3.38. The minimum Gasteiger partial charge on any atom is -0.506 e. The quantitative estimate of drug-likeness (QED) is 0.306. The minimum atomic E-state index is 0.208. The molecule has 1 saturated carbocycles. The molecule has 1 fully saturated rings. The molecule has 0 radical (unpaired) electrons. The molecule has 27 heavy (non-hydrogen) atoms. The molecule has 1 aliphatic carbocycles. The summed E-state index contributed by atoms with van der Waals surface area (Å²) in [5.41, 5.74) is 2.80. The molecule has 0 atom stereocenters. The van der Waals surface area contributed by atoms with Gasteiger partial charge in [-0.3, -0.25) is 4.99 Å². The van der Waals surface area contributed by atoms with E-state index < -0.39 is 0 Å². The van der Waals surface area contributed by atoms with Gasteiger partial charge in [0.25, 0.3) is 0 Å². The molecule has 2 aromatic carbocycles. The Morgan fingerprint density at radius 2 is 1.85 bits per heavy atom. The van der Waals surface area contributed by atoms with Crippen LogP contribution in [0, 0.1) is 0 Å². The van der Waals surface area contributed by atoms with Crippen LogP contribution in [0.25, 0.3) is 11.1 Å². The smallest absolute Gasteiger partial charge is 0.196 e. The second-order valence-corrected chi connectivity index (χ2v) is 6.93. The lowest BCUT2D eigenvalue weighted by Crippen LogP contribution is -2.40. The van der Waals surface area contributed by atoms with Gasteiger partial charge in [-0.2, -0.15) is 0 Å². The van der Waals surface area contributed by atoms with Gasteiger partial charge in [-0.25, -0.2) is 0 Å². The molecule has 1 aliphatic rings. The normalized spacial score (nSPS) is 15.5. The van der Waals surface area contributed by atoms with Gasteiger partial charge in [0.1, 0.15) is 5.75 Å². The van der Waals surface area contributed by atoms with E-state index in [0.717, 1.165) is 24.0 Å². The van der Waals surface area contributed by atoms with Crippen molar-refractivity contribution in [2.24, 2.45) is 4.99 Å². The Balaban J connectivity index is 1.78. The van der Waals surface area contributed by atoms with Gasteiger partial charge >= 0.3 is 0 Å². The molecular formula is C22H29N3O2. The van der Waals surface area contributed by atoms with E-state index in [2.05, 4.69) is 27.8 Å². The van der Waals surface area contributed by atoms with Crippen LogP contribution in [0.5, 0.6) is 5.75 Å². The molecular weight excluding hydrogens is 338 g/mol. The predicted molar refractivity (Wildman–Crippen MR) is 111 cm³/mol. The van der Waals surface area contributed by atoms with Crippen molar-refractivity contribution >= 4 is 11.6 Å². The van der Waals surface area contributed by atoms with Gasteiger partial charge in [0.2, 0.25) is 0 Å². The first kappa shape index (κ1) is 19.2. The summed E-state index contributed by atoms with van der Waals surface area (Å²) >= 11 is 0. The van der Waals surface area contributed by atoms with Crippen molar-refractivity contribution in [2.45, 2.75) is 38.1 Å². The summed E-state index contributed by atoms with van der Waals surface area (Å²) in [5, 5.41) is 17.2. The fourth-order valence-corrected chi connectivity index (χ4v) is 3.38. The second kappa shape index (κ2) is 9.97. The van der Waals surface area contributed by atoms with E-state index in [1.807, 2.05) is 30.3 Å². The van der Waals surface area contributed by atoms with Crippen LogP contribution in [0.2, 0.25) is 0 Å². The van der Waals surface area contributed by atoms with Crippen molar-refractivity contribution < 1.29 is 9.84 Å². The van der Waals surface area contributed by atoms with E-state index in [0.29, 0.717) is 30.8 Å². The van der Waals surface area contributed by atoms with Crippen LogP contribution in [0.3, 0.4) is 0 Å². The SMILES string of the molecule is COCCN=C(Nc1cc(-c2ccccc2)ccc1O)NC1CCCCC1. The van der Waals surface area contributed by atoms with Crippen molar-refractivity contribution in [3.63, 3.8) is 0 Å². The van der Waals surface area contributed by atoms with Gasteiger partial charge in [-0.1, -0.05) is 55.7 Å². The van der Waals surface area contributed by atoms with Gasteiger partial charge in [-0.05, 0) is 36.1 Å². The van der Waals surface area contributed by atoms with Gasteiger partial charge in [0.15, 0.2) is 5.96 Å². The number of aliphatic imine (C=N–C) groups is 1. The number of methoxy groups -OCH3 is 1. The zero-order chi connectivity index (χ0) is 18.9. The lowest BCUT2D eigenvalue weighted by Gasteiger charge is -2.25. The Hall–Kier alpha value is -2.53. The monoisotopic (exact) mass is 367 g/mol. The third-order valence-corrected chi connectivity index (χ3v) is 4.87. The summed E-state index contributed by atoms with van der Waals surface area (Å²) in [4.78, 5) is 4.60. The largest absolute Gasteiger partial charge is 0.506 e. The van der Waals surface area contributed by atoms with Crippen LogP contribution in [0.1, 0.15) is 32.1 Å². The molecule has 2 aromatic rings. The third-order valence-electron chi connectivity index (χ3n) is 4.87. The average molecular weight is 367 g/mol. The highest BCUT2D eigenvalue weighted by atomic mass is 16.5. The third kappa shape index (κ3) is 5.73.